The molecule has 0 radical (unpaired) electrons. The first kappa shape index (κ1) is 23.0. The molecule has 7 heteroatoms. The summed E-state index contributed by atoms with van der Waals surface area (Å²) in [6, 6.07) is 19.1. The van der Waals surface area contributed by atoms with Gasteiger partial charge >= 0.3 is 0 Å². The van der Waals surface area contributed by atoms with E-state index in [1.54, 1.807) is 23.8 Å². The fourth-order valence-electron chi connectivity index (χ4n) is 5.46. The molecule has 0 saturated carbocycles. The van der Waals surface area contributed by atoms with Gasteiger partial charge in [0.15, 0.2) is 17.3 Å². The molecule has 0 atom stereocenters. The maximum atomic E-state index is 13.9. The molecular weight excluding hydrogens is 466 g/mol. The number of H-pyrrole nitrogens is 1. The summed E-state index contributed by atoms with van der Waals surface area (Å²) in [4.78, 5) is 35.5. The number of aromatic nitrogens is 3. The summed E-state index contributed by atoms with van der Waals surface area (Å²) < 4.78 is 12.8. The number of ether oxygens (including phenoxy) is 2. The molecule has 6 rings (SSSR count). The lowest BCUT2D eigenvalue weighted by Crippen LogP contribution is -2.24. The Morgan fingerprint density at radius 1 is 0.865 bits per heavy atom. The molecule has 186 valence electrons. The van der Waals surface area contributed by atoms with Gasteiger partial charge in [0.05, 0.1) is 41.9 Å². The number of aryl methyl sites for hydroxylation is 1. The Morgan fingerprint density at radius 2 is 1.65 bits per heavy atom. The van der Waals surface area contributed by atoms with E-state index in [1.807, 2.05) is 48.5 Å². The van der Waals surface area contributed by atoms with Crippen molar-refractivity contribution >= 4 is 27.6 Å². The van der Waals surface area contributed by atoms with E-state index >= 15 is 0 Å². The molecule has 3 aromatic carbocycles. The molecule has 0 bridgehead atoms. The highest BCUT2D eigenvalue weighted by atomic mass is 16.5. The zero-order valence-electron chi connectivity index (χ0n) is 20.8. The highest BCUT2D eigenvalue weighted by Gasteiger charge is 2.33. The number of carbonyl (C=O) groups excluding carboxylic acids is 1. The normalized spacial score (nSPS) is 12.2. The molecular formula is C30H27N3O4. The van der Waals surface area contributed by atoms with Crippen LogP contribution in [0.4, 0.5) is 0 Å². The number of pyridine rings is 1. The van der Waals surface area contributed by atoms with Crippen molar-refractivity contribution in [2.45, 2.75) is 32.2 Å². The Labute approximate surface area is 213 Å². The van der Waals surface area contributed by atoms with Crippen molar-refractivity contribution in [2.75, 3.05) is 14.2 Å². The summed E-state index contributed by atoms with van der Waals surface area (Å²) in [6.07, 6.45) is 3.49. The monoisotopic (exact) mass is 493 g/mol. The molecule has 0 fully saturated rings. The fourth-order valence-corrected chi connectivity index (χ4v) is 5.46. The van der Waals surface area contributed by atoms with Gasteiger partial charge in [-0.15, -0.1) is 0 Å². The van der Waals surface area contributed by atoms with E-state index in [-0.39, 0.29) is 11.3 Å². The zero-order chi connectivity index (χ0) is 25.5. The van der Waals surface area contributed by atoms with Gasteiger partial charge in [0, 0.05) is 29.5 Å². The summed E-state index contributed by atoms with van der Waals surface area (Å²) in [5.41, 5.74) is 4.52. The summed E-state index contributed by atoms with van der Waals surface area (Å²) >= 11 is 0. The summed E-state index contributed by atoms with van der Waals surface area (Å²) in [5, 5.41) is 0.976. The van der Waals surface area contributed by atoms with E-state index < -0.39 is 0 Å². The topological polar surface area (TPSA) is 86.2 Å². The van der Waals surface area contributed by atoms with Crippen molar-refractivity contribution in [3.63, 3.8) is 0 Å². The molecule has 2 aromatic heterocycles. The molecule has 0 aliphatic heterocycles. The number of benzene rings is 3. The zero-order valence-corrected chi connectivity index (χ0v) is 20.8. The van der Waals surface area contributed by atoms with Crippen LogP contribution in [0.2, 0.25) is 0 Å². The minimum atomic E-state index is -0.175. The quantitative estimate of drug-likeness (QED) is 0.282. The third-order valence-electron chi connectivity index (χ3n) is 7.17. The molecule has 1 aliphatic carbocycles. The van der Waals surface area contributed by atoms with Crippen LogP contribution in [0.1, 0.15) is 41.0 Å². The number of nitrogens with zero attached hydrogens (tertiary/aromatic N) is 2. The van der Waals surface area contributed by atoms with Crippen LogP contribution in [0.15, 0.2) is 65.5 Å². The third-order valence-corrected chi connectivity index (χ3v) is 7.17. The predicted octanol–water partition coefficient (Wildman–Crippen LogP) is 5.52. The smallest absolute Gasteiger partial charge is 0.262 e. The van der Waals surface area contributed by atoms with E-state index in [4.69, 9.17) is 9.47 Å². The van der Waals surface area contributed by atoms with Crippen LogP contribution in [0.25, 0.3) is 33.1 Å². The Balaban J connectivity index is 1.34. The Morgan fingerprint density at radius 3 is 2.43 bits per heavy atom. The predicted molar refractivity (Wildman–Crippen MR) is 144 cm³/mol. The molecule has 5 aromatic rings. The van der Waals surface area contributed by atoms with Gasteiger partial charge in [-0.05, 0) is 37.1 Å². The van der Waals surface area contributed by atoms with Crippen molar-refractivity contribution in [3.8, 4) is 22.8 Å². The molecule has 0 amide bonds. The molecule has 0 unspecified atom stereocenters. The molecule has 1 aliphatic rings. The second-order valence-corrected chi connectivity index (χ2v) is 9.29. The first-order valence-corrected chi connectivity index (χ1v) is 12.5. The maximum Gasteiger partial charge on any atom is 0.262 e. The maximum absolute atomic E-state index is 13.9. The second-order valence-electron chi connectivity index (χ2n) is 9.29. The number of aromatic amines is 1. The molecule has 0 spiro atoms. The second kappa shape index (κ2) is 9.24. The van der Waals surface area contributed by atoms with Gasteiger partial charge in [-0.25, -0.2) is 4.98 Å². The van der Waals surface area contributed by atoms with Crippen LogP contribution < -0.4 is 15.0 Å². The standard InChI is InChI=1S/C30H27N3O4/c1-36-23-16-15-20-25-27(18-10-5-6-11-19(18)28(25)34)33(30(35)26(20)29(23)37-2)17-9-3-4-14-24-31-21-12-7-8-13-22(21)32-24/h5-8,10-13,15-16H,3-4,9,14,17H2,1-2H3,(H,31,32). The number of ketones is 1. The number of methoxy groups -OCH3 is 2. The Kier molecular flexibility index (Phi) is 5.75. The number of nitrogens with one attached hydrogen (secondary N) is 1. The first-order chi connectivity index (χ1) is 18.1. The van der Waals surface area contributed by atoms with Crippen LogP contribution in [-0.4, -0.2) is 34.5 Å². The third kappa shape index (κ3) is 3.69. The SMILES string of the molecule is COc1ccc2c3c(n(CCCCCc4nc5ccccc5[nH]4)c(=O)c2c1OC)-c1ccccc1C3=O. The number of carbonyl (C=O) groups is 1. The van der Waals surface area contributed by atoms with Gasteiger partial charge in [-0.1, -0.05) is 42.8 Å². The van der Waals surface area contributed by atoms with Crippen LogP contribution in [-0.2, 0) is 13.0 Å². The molecule has 2 heterocycles. The Hall–Kier alpha value is -4.39. The van der Waals surface area contributed by atoms with Gasteiger partial charge in [-0.2, -0.15) is 0 Å². The van der Waals surface area contributed by atoms with E-state index in [1.165, 1.54) is 7.11 Å². The number of para-hydroxylation sites is 2. The van der Waals surface area contributed by atoms with Crippen molar-refractivity contribution in [3.05, 3.63) is 88.0 Å². The first-order valence-electron chi connectivity index (χ1n) is 12.5. The number of fused-ring (bicyclic) bond motifs is 6. The fraction of sp³-hybridized carbons (Fsp3) is 0.233. The lowest BCUT2D eigenvalue weighted by Gasteiger charge is -2.17. The molecule has 37 heavy (non-hydrogen) atoms. The summed E-state index contributed by atoms with van der Waals surface area (Å²) in [6.45, 7) is 0.499. The number of hydrogen-bond donors (Lipinski definition) is 1. The Bertz CT molecular complexity index is 1700. The van der Waals surface area contributed by atoms with Crippen molar-refractivity contribution < 1.29 is 14.3 Å². The highest BCUT2D eigenvalue weighted by Crippen LogP contribution is 2.43. The van der Waals surface area contributed by atoms with Crippen LogP contribution in [0, 0.1) is 0 Å². The minimum absolute atomic E-state index is 0.0681. The highest BCUT2D eigenvalue weighted by molar-refractivity contribution is 6.27. The van der Waals surface area contributed by atoms with Crippen molar-refractivity contribution in [2.24, 2.45) is 0 Å². The van der Waals surface area contributed by atoms with Gasteiger partial charge in [0.1, 0.15) is 5.82 Å². The van der Waals surface area contributed by atoms with E-state index in [9.17, 15) is 9.59 Å². The van der Waals surface area contributed by atoms with E-state index in [2.05, 4.69) is 9.97 Å². The summed E-state index contributed by atoms with van der Waals surface area (Å²) in [7, 11) is 3.06. The average Bonchev–Trinajstić information content (AvgIpc) is 3.48. The van der Waals surface area contributed by atoms with Crippen molar-refractivity contribution in [1.82, 2.24) is 14.5 Å². The van der Waals surface area contributed by atoms with Crippen molar-refractivity contribution in [1.29, 1.82) is 0 Å². The summed E-state index contributed by atoms with van der Waals surface area (Å²) in [5.74, 6) is 1.73. The lowest BCUT2D eigenvalue weighted by molar-refractivity contribution is 0.104. The minimum Gasteiger partial charge on any atom is -0.493 e. The molecule has 1 N–H and O–H groups in total. The molecule has 7 nitrogen and oxygen atoms in total. The number of hydrogen-bond acceptors (Lipinski definition) is 5. The van der Waals surface area contributed by atoms with Gasteiger partial charge in [0.25, 0.3) is 5.56 Å². The lowest BCUT2D eigenvalue weighted by atomic mass is 10.0. The average molecular weight is 494 g/mol. The van der Waals surface area contributed by atoms with Gasteiger partial charge in [-0.3, -0.25) is 9.59 Å². The number of rotatable bonds is 8. The van der Waals surface area contributed by atoms with Gasteiger partial charge in [0.2, 0.25) is 0 Å². The van der Waals surface area contributed by atoms with Gasteiger partial charge < -0.3 is 19.0 Å². The molecule has 0 saturated heterocycles. The van der Waals surface area contributed by atoms with Crippen LogP contribution in [0.3, 0.4) is 0 Å². The largest absolute Gasteiger partial charge is 0.493 e. The number of imidazole rings is 1. The van der Waals surface area contributed by atoms with Crippen LogP contribution in [0.5, 0.6) is 11.5 Å². The van der Waals surface area contributed by atoms with E-state index in [0.717, 1.165) is 48.1 Å². The number of unbranched alkanes of at least 4 members (excludes halogenated alkanes) is 2. The van der Waals surface area contributed by atoms with Crippen LogP contribution >= 0.6 is 0 Å². The van der Waals surface area contributed by atoms with E-state index in [0.29, 0.717) is 45.6 Å².